The van der Waals surface area contributed by atoms with Crippen molar-refractivity contribution in [1.82, 2.24) is 5.10 Å². The molecule has 4 rings (SSSR count). The van der Waals surface area contributed by atoms with Crippen molar-refractivity contribution in [1.29, 1.82) is 0 Å². The number of hydrogen-bond donors (Lipinski definition) is 0. The predicted molar refractivity (Wildman–Crippen MR) is 95.4 cm³/mol. The van der Waals surface area contributed by atoms with Gasteiger partial charge in [0.1, 0.15) is 5.69 Å². The Balaban J connectivity index is 1.92. The van der Waals surface area contributed by atoms with Gasteiger partial charge in [-0.15, -0.1) is 0 Å². The van der Waals surface area contributed by atoms with Crippen LogP contribution in [0.15, 0.2) is 84.9 Å². The standard InChI is InChI=1S/C21H16N2O/c24-23-21(17-11-5-2-6-12-17)19-14-8-7-13-18(19)20(22-23)15-16-9-3-1-4-10-16/h1-14H,15H2. The van der Waals surface area contributed by atoms with E-state index in [2.05, 4.69) is 17.2 Å². The highest BCUT2D eigenvalue weighted by Crippen LogP contribution is 2.27. The van der Waals surface area contributed by atoms with E-state index >= 15 is 0 Å². The van der Waals surface area contributed by atoms with Crippen LogP contribution in [0.4, 0.5) is 0 Å². The van der Waals surface area contributed by atoms with Gasteiger partial charge in [0.05, 0.1) is 10.9 Å². The van der Waals surface area contributed by atoms with Gasteiger partial charge in [-0.25, -0.2) is 0 Å². The number of aromatic nitrogens is 2. The third-order valence-electron chi connectivity index (χ3n) is 4.16. The molecule has 4 aromatic rings. The first-order valence-corrected chi connectivity index (χ1v) is 7.94. The monoisotopic (exact) mass is 312 g/mol. The van der Waals surface area contributed by atoms with Crippen LogP contribution in [0, 0.1) is 5.21 Å². The Labute approximate surface area is 140 Å². The van der Waals surface area contributed by atoms with E-state index in [1.165, 1.54) is 0 Å². The minimum atomic E-state index is 0.600. The van der Waals surface area contributed by atoms with Gasteiger partial charge in [0.15, 0.2) is 0 Å². The Bertz CT molecular complexity index is 983. The smallest absolute Gasteiger partial charge is 0.259 e. The summed E-state index contributed by atoms with van der Waals surface area (Å²) in [5.41, 5.74) is 3.42. The van der Waals surface area contributed by atoms with Gasteiger partial charge in [0.25, 0.3) is 5.69 Å². The molecule has 3 aromatic carbocycles. The maximum atomic E-state index is 12.7. The normalized spacial score (nSPS) is 10.8. The fourth-order valence-electron chi connectivity index (χ4n) is 3.04. The molecule has 0 spiro atoms. The summed E-state index contributed by atoms with van der Waals surface area (Å²) in [6.07, 6.45) is 0.638. The van der Waals surface area contributed by atoms with Gasteiger partial charge in [-0.1, -0.05) is 66.7 Å². The van der Waals surface area contributed by atoms with Crippen LogP contribution < -0.4 is 4.85 Å². The van der Waals surface area contributed by atoms with Gasteiger partial charge in [0, 0.05) is 16.9 Å². The highest BCUT2D eigenvalue weighted by Gasteiger charge is 2.19. The van der Waals surface area contributed by atoms with E-state index in [1.807, 2.05) is 72.8 Å². The third-order valence-corrected chi connectivity index (χ3v) is 4.16. The fraction of sp³-hybridized carbons (Fsp3) is 0.0476. The summed E-state index contributed by atoms with van der Waals surface area (Å²) >= 11 is 0. The lowest BCUT2D eigenvalue weighted by atomic mass is 10.0. The molecule has 0 N–H and O–H groups in total. The molecule has 0 aliphatic carbocycles. The van der Waals surface area contributed by atoms with Crippen LogP contribution >= 0.6 is 0 Å². The lowest BCUT2D eigenvalue weighted by Crippen LogP contribution is -2.35. The maximum absolute atomic E-state index is 12.7. The predicted octanol–water partition coefficient (Wildman–Crippen LogP) is 4.13. The highest BCUT2D eigenvalue weighted by molar-refractivity contribution is 5.94. The molecule has 1 heterocycles. The maximum Gasteiger partial charge on any atom is 0.259 e. The number of hydrogen-bond acceptors (Lipinski definition) is 2. The van der Waals surface area contributed by atoms with E-state index in [9.17, 15) is 5.21 Å². The zero-order chi connectivity index (χ0) is 16.4. The molecule has 0 saturated carbocycles. The molecule has 3 heteroatoms. The first-order chi connectivity index (χ1) is 11.8. The van der Waals surface area contributed by atoms with Gasteiger partial charge in [0.2, 0.25) is 0 Å². The van der Waals surface area contributed by atoms with E-state index in [4.69, 9.17) is 0 Å². The Morgan fingerprint density at radius 1 is 0.708 bits per heavy atom. The molecular formula is C21H16N2O. The van der Waals surface area contributed by atoms with E-state index in [0.29, 0.717) is 12.1 Å². The molecule has 0 amide bonds. The van der Waals surface area contributed by atoms with Crippen molar-refractivity contribution in [2.75, 3.05) is 0 Å². The van der Waals surface area contributed by atoms with Gasteiger partial charge in [-0.05, 0) is 28.6 Å². The van der Waals surface area contributed by atoms with Crippen molar-refractivity contribution < 1.29 is 4.85 Å². The average molecular weight is 312 g/mol. The van der Waals surface area contributed by atoms with Crippen molar-refractivity contribution in [3.8, 4) is 11.3 Å². The Hall–Kier alpha value is -3.20. The van der Waals surface area contributed by atoms with Crippen LogP contribution in [0.1, 0.15) is 11.3 Å². The summed E-state index contributed by atoms with van der Waals surface area (Å²) in [5.74, 6) is 0. The zero-order valence-corrected chi connectivity index (χ0v) is 13.1. The largest absolute Gasteiger partial charge is 0.594 e. The van der Waals surface area contributed by atoms with Gasteiger partial charge >= 0.3 is 0 Å². The average Bonchev–Trinajstić information content (AvgIpc) is 2.63. The SMILES string of the molecule is [O-][n+]1nc(Cc2ccccc2)c2ccccc2c1-c1ccccc1. The van der Waals surface area contributed by atoms with E-state index < -0.39 is 0 Å². The lowest BCUT2D eigenvalue weighted by Gasteiger charge is -2.10. The van der Waals surface area contributed by atoms with Gasteiger partial charge in [-0.3, -0.25) is 0 Å². The quantitative estimate of drug-likeness (QED) is 0.421. The summed E-state index contributed by atoms with van der Waals surface area (Å²) in [7, 11) is 0. The molecule has 0 fully saturated rings. The number of fused-ring (bicyclic) bond motifs is 1. The van der Waals surface area contributed by atoms with Crippen molar-refractivity contribution in [3.63, 3.8) is 0 Å². The summed E-state index contributed by atoms with van der Waals surface area (Å²) in [6, 6.07) is 27.8. The summed E-state index contributed by atoms with van der Waals surface area (Å²) in [5, 5.41) is 18.9. The van der Waals surface area contributed by atoms with E-state index in [0.717, 1.165) is 32.4 Å². The van der Waals surface area contributed by atoms with Crippen LogP contribution in [-0.4, -0.2) is 5.10 Å². The number of rotatable bonds is 3. The molecular weight excluding hydrogens is 296 g/mol. The van der Waals surface area contributed by atoms with Crippen LogP contribution in [0.5, 0.6) is 0 Å². The Kier molecular flexibility index (Phi) is 3.67. The molecule has 0 radical (unpaired) electrons. The second kappa shape index (κ2) is 6.13. The van der Waals surface area contributed by atoms with E-state index in [1.54, 1.807) is 0 Å². The van der Waals surface area contributed by atoms with Gasteiger partial charge in [-0.2, -0.15) is 0 Å². The molecule has 0 saturated heterocycles. The van der Waals surface area contributed by atoms with Crippen LogP contribution in [0.3, 0.4) is 0 Å². The Morgan fingerprint density at radius 3 is 2.00 bits per heavy atom. The second-order valence-corrected chi connectivity index (χ2v) is 5.74. The molecule has 0 aliphatic rings. The molecule has 24 heavy (non-hydrogen) atoms. The molecule has 116 valence electrons. The number of benzene rings is 3. The topological polar surface area (TPSA) is 39.8 Å². The summed E-state index contributed by atoms with van der Waals surface area (Å²) < 4.78 is 0. The Morgan fingerprint density at radius 2 is 1.29 bits per heavy atom. The van der Waals surface area contributed by atoms with Crippen molar-refractivity contribution in [2.24, 2.45) is 0 Å². The minimum Gasteiger partial charge on any atom is -0.594 e. The van der Waals surface area contributed by atoms with Crippen LogP contribution in [-0.2, 0) is 6.42 Å². The van der Waals surface area contributed by atoms with Crippen LogP contribution in [0.2, 0.25) is 0 Å². The zero-order valence-electron chi connectivity index (χ0n) is 13.1. The molecule has 0 aliphatic heterocycles. The lowest BCUT2D eigenvalue weighted by molar-refractivity contribution is -0.657. The van der Waals surface area contributed by atoms with Crippen molar-refractivity contribution >= 4 is 10.8 Å². The van der Waals surface area contributed by atoms with Crippen molar-refractivity contribution in [3.05, 3.63) is 101 Å². The molecule has 3 nitrogen and oxygen atoms in total. The molecule has 1 aromatic heterocycles. The summed E-state index contributed by atoms with van der Waals surface area (Å²) in [6.45, 7) is 0. The summed E-state index contributed by atoms with van der Waals surface area (Å²) in [4.78, 5) is 0.760. The molecule has 0 bridgehead atoms. The molecule has 0 unspecified atom stereocenters. The third kappa shape index (κ3) is 2.61. The van der Waals surface area contributed by atoms with Crippen molar-refractivity contribution in [2.45, 2.75) is 6.42 Å². The van der Waals surface area contributed by atoms with Crippen LogP contribution in [0.25, 0.3) is 22.0 Å². The fourth-order valence-corrected chi connectivity index (χ4v) is 3.04. The van der Waals surface area contributed by atoms with Gasteiger partial charge < -0.3 is 5.21 Å². The van der Waals surface area contributed by atoms with E-state index in [-0.39, 0.29) is 0 Å². The minimum absolute atomic E-state index is 0.600. The number of nitrogens with zero attached hydrogens (tertiary/aromatic N) is 2. The first-order valence-electron chi connectivity index (χ1n) is 7.94. The second-order valence-electron chi connectivity index (χ2n) is 5.74. The molecule has 0 atom stereocenters. The highest BCUT2D eigenvalue weighted by atomic mass is 16.5. The first kappa shape index (κ1) is 14.4.